The zero-order chi connectivity index (χ0) is 14.7. The number of benzene rings is 2. The van der Waals surface area contributed by atoms with Crippen molar-refractivity contribution in [3.63, 3.8) is 0 Å². The minimum atomic E-state index is -0.250. The summed E-state index contributed by atoms with van der Waals surface area (Å²) >= 11 is 3.37. The third-order valence-electron chi connectivity index (χ3n) is 2.92. The molecule has 2 rings (SSSR count). The predicted octanol–water partition coefficient (Wildman–Crippen LogP) is 3.60. The molecule has 2 aromatic rings. The van der Waals surface area contributed by atoms with E-state index in [4.69, 9.17) is 10.5 Å². The lowest BCUT2D eigenvalue weighted by Crippen LogP contribution is -2.15. The molecule has 0 saturated heterocycles. The van der Waals surface area contributed by atoms with Crippen LogP contribution in [0.3, 0.4) is 0 Å². The molecule has 3 N–H and O–H groups in total. The molecule has 0 fully saturated rings. The summed E-state index contributed by atoms with van der Waals surface area (Å²) in [5.74, 6) is 0.276. The van der Waals surface area contributed by atoms with Crippen LogP contribution in [-0.4, -0.2) is 13.0 Å². The summed E-state index contributed by atoms with van der Waals surface area (Å²) in [6, 6.07) is 10.7. The number of hydrogen-bond acceptors (Lipinski definition) is 3. The van der Waals surface area contributed by atoms with Crippen LogP contribution in [0.1, 0.15) is 15.9 Å². The Balaban J connectivity index is 2.33. The second-order valence-electron chi connectivity index (χ2n) is 4.34. The van der Waals surface area contributed by atoms with Gasteiger partial charge in [0.25, 0.3) is 5.91 Å². The van der Waals surface area contributed by atoms with Gasteiger partial charge >= 0.3 is 0 Å². The first-order chi connectivity index (χ1) is 9.52. The minimum Gasteiger partial charge on any atom is -0.496 e. The van der Waals surface area contributed by atoms with Gasteiger partial charge in [0.1, 0.15) is 5.75 Å². The van der Waals surface area contributed by atoms with Crippen molar-refractivity contribution in [1.29, 1.82) is 0 Å². The van der Waals surface area contributed by atoms with Gasteiger partial charge in [-0.1, -0.05) is 28.1 Å². The van der Waals surface area contributed by atoms with Gasteiger partial charge in [-0.2, -0.15) is 0 Å². The molecule has 0 saturated carbocycles. The molecule has 20 heavy (non-hydrogen) atoms. The first-order valence-electron chi connectivity index (χ1n) is 6.03. The number of nitrogens with two attached hydrogens (primary N) is 1. The molecule has 0 radical (unpaired) electrons. The molecule has 0 spiro atoms. The van der Waals surface area contributed by atoms with Crippen LogP contribution in [0.4, 0.5) is 11.4 Å². The van der Waals surface area contributed by atoms with E-state index in [0.29, 0.717) is 22.7 Å². The molecule has 104 valence electrons. The van der Waals surface area contributed by atoms with Gasteiger partial charge < -0.3 is 15.8 Å². The average Bonchev–Trinajstić information content (AvgIpc) is 2.42. The molecular formula is C15H15BrN2O2. The van der Waals surface area contributed by atoms with Gasteiger partial charge in [0, 0.05) is 4.47 Å². The lowest BCUT2D eigenvalue weighted by atomic mass is 10.1. The van der Waals surface area contributed by atoms with E-state index in [1.807, 2.05) is 19.1 Å². The molecule has 4 nitrogen and oxygen atoms in total. The van der Waals surface area contributed by atoms with Crippen molar-refractivity contribution in [1.82, 2.24) is 0 Å². The third kappa shape index (κ3) is 2.93. The van der Waals surface area contributed by atoms with Crippen LogP contribution in [0.25, 0.3) is 0 Å². The largest absolute Gasteiger partial charge is 0.496 e. The second kappa shape index (κ2) is 5.96. The maximum absolute atomic E-state index is 12.3. The van der Waals surface area contributed by atoms with Crippen LogP contribution in [0, 0.1) is 6.92 Å². The first kappa shape index (κ1) is 14.4. The number of halogens is 1. The highest BCUT2D eigenvalue weighted by Gasteiger charge is 2.14. The summed E-state index contributed by atoms with van der Waals surface area (Å²) in [4.78, 5) is 12.3. The Morgan fingerprint density at radius 2 is 2.00 bits per heavy atom. The highest BCUT2D eigenvalue weighted by Crippen LogP contribution is 2.29. The monoisotopic (exact) mass is 334 g/mol. The Hall–Kier alpha value is -2.01. The number of nitrogen functional groups attached to an aromatic ring is 1. The molecule has 0 bridgehead atoms. The lowest BCUT2D eigenvalue weighted by molar-refractivity contribution is 0.102. The number of para-hydroxylation sites is 1. The summed E-state index contributed by atoms with van der Waals surface area (Å²) in [6.07, 6.45) is 0. The third-order valence-corrected chi connectivity index (χ3v) is 3.38. The number of methoxy groups -OCH3 is 1. The number of nitrogens with one attached hydrogen (secondary N) is 1. The molecule has 1 amide bonds. The number of amides is 1. The van der Waals surface area contributed by atoms with Crippen molar-refractivity contribution in [3.8, 4) is 5.75 Å². The van der Waals surface area contributed by atoms with Gasteiger partial charge in [0.2, 0.25) is 0 Å². The quantitative estimate of drug-likeness (QED) is 0.843. The van der Waals surface area contributed by atoms with Crippen LogP contribution in [0.15, 0.2) is 40.9 Å². The van der Waals surface area contributed by atoms with Gasteiger partial charge in [0.05, 0.1) is 24.0 Å². The van der Waals surface area contributed by atoms with Crippen LogP contribution in [0.2, 0.25) is 0 Å². The summed E-state index contributed by atoms with van der Waals surface area (Å²) in [7, 11) is 1.53. The van der Waals surface area contributed by atoms with Gasteiger partial charge in [-0.05, 0) is 36.8 Å². The Morgan fingerprint density at radius 3 is 2.65 bits per heavy atom. The maximum Gasteiger partial charge on any atom is 0.259 e. The normalized spacial score (nSPS) is 10.2. The summed E-state index contributed by atoms with van der Waals surface area (Å²) in [5.41, 5.74) is 8.43. The van der Waals surface area contributed by atoms with E-state index in [9.17, 15) is 4.79 Å². The standard InChI is InChI=1S/C15H15BrN2O2/c1-9-7-10(16)8-12(17)14(9)18-15(19)11-5-3-4-6-13(11)20-2/h3-8H,17H2,1-2H3,(H,18,19). The summed E-state index contributed by atoms with van der Waals surface area (Å²) in [6.45, 7) is 1.89. The van der Waals surface area contributed by atoms with Gasteiger partial charge in [-0.15, -0.1) is 0 Å². The topological polar surface area (TPSA) is 64.3 Å². The summed E-state index contributed by atoms with van der Waals surface area (Å²) in [5, 5.41) is 2.83. The van der Waals surface area contributed by atoms with Crippen LogP contribution in [0.5, 0.6) is 5.75 Å². The highest BCUT2D eigenvalue weighted by molar-refractivity contribution is 9.10. The lowest BCUT2D eigenvalue weighted by Gasteiger charge is -2.13. The number of carbonyl (C=O) groups is 1. The number of ether oxygens (including phenoxy) is 1. The fourth-order valence-electron chi connectivity index (χ4n) is 1.95. The molecule has 0 aliphatic heterocycles. The first-order valence-corrected chi connectivity index (χ1v) is 6.82. The van der Waals surface area contributed by atoms with E-state index >= 15 is 0 Å². The van der Waals surface area contributed by atoms with E-state index in [0.717, 1.165) is 10.0 Å². The number of aryl methyl sites for hydroxylation is 1. The average molecular weight is 335 g/mol. The van der Waals surface area contributed by atoms with Gasteiger partial charge in [-0.25, -0.2) is 0 Å². The van der Waals surface area contributed by atoms with Crippen molar-refractivity contribution < 1.29 is 9.53 Å². The number of hydrogen-bond donors (Lipinski definition) is 2. The predicted molar refractivity (Wildman–Crippen MR) is 84.2 cm³/mol. The molecule has 2 aromatic carbocycles. The zero-order valence-electron chi connectivity index (χ0n) is 11.2. The number of carbonyl (C=O) groups excluding carboxylic acids is 1. The molecular weight excluding hydrogens is 320 g/mol. The van der Waals surface area contributed by atoms with Gasteiger partial charge in [0.15, 0.2) is 0 Å². The Kier molecular flexibility index (Phi) is 4.29. The molecule has 0 aliphatic rings. The van der Waals surface area contributed by atoms with E-state index < -0.39 is 0 Å². The van der Waals surface area contributed by atoms with E-state index in [2.05, 4.69) is 21.2 Å². The zero-order valence-corrected chi connectivity index (χ0v) is 12.8. The molecule has 0 atom stereocenters. The number of rotatable bonds is 3. The highest BCUT2D eigenvalue weighted by atomic mass is 79.9. The Bertz CT molecular complexity index is 633. The minimum absolute atomic E-state index is 0.250. The van der Waals surface area contributed by atoms with Crippen molar-refractivity contribution >= 4 is 33.2 Å². The molecule has 0 aliphatic carbocycles. The molecule has 0 aromatic heterocycles. The fourth-order valence-corrected chi connectivity index (χ4v) is 2.54. The van der Waals surface area contributed by atoms with Gasteiger partial charge in [-0.3, -0.25) is 4.79 Å². The number of anilines is 2. The molecule has 0 unspecified atom stereocenters. The molecule has 0 heterocycles. The van der Waals surface area contributed by atoms with Crippen LogP contribution < -0.4 is 15.8 Å². The van der Waals surface area contributed by atoms with Crippen molar-refractivity contribution in [2.24, 2.45) is 0 Å². The van der Waals surface area contributed by atoms with E-state index in [1.54, 1.807) is 24.3 Å². The maximum atomic E-state index is 12.3. The fraction of sp³-hybridized carbons (Fsp3) is 0.133. The summed E-state index contributed by atoms with van der Waals surface area (Å²) < 4.78 is 6.06. The van der Waals surface area contributed by atoms with Crippen molar-refractivity contribution in [2.75, 3.05) is 18.2 Å². The van der Waals surface area contributed by atoms with Crippen LogP contribution in [-0.2, 0) is 0 Å². The molecule has 5 heteroatoms. The Morgan fingerprint density at radius 1 is 1.30 bits per heavy atom. The van der Waals surface area contributed by atoms with Crippen molar-refractivity contribution in [2.45, 2.75) is 6.92 Å². The van der Waals surface area contributed by atoms with Crippen molar-refractivity contribution in [3.05, 3.63) is 52.0 Å². The van der Waals surface area contributed by atoms with E-state index in [1.165, 1.54) is 7.11 Å². The second-order valence-corrected chi connectivity index (χ2v) is 5.26. The SMILES string of the molecule is COc1ccccc1C(=O)Nc1c(C)cc(Br)cc1N. The Labute approximate surface area is 126 Å². The van der Waals surface area contributed by atoms with Crippen LogP contribution >= 0.6 is 15.9 Å². The smallest absolute Gasteiger partial charge is 0.259 e. The van der Waals surface area contributed by atoms with E-state index in [-0.39, 0.29) is 5.91 Å².